The number of halogens is 1. The molecule has 6 nitrogen and oxygen atoms in total. The van der Waals surface area contributed by atoms with Crippen molar-refractivity contribution < 1.29 is 28.6 Å². The first-order chi connectivity index (χ1) is 10.9. The van der Waals surface area contributed by atoms with Crippen LogP contribution in [0.3, 0.4) is 0 Å². The van der Waals surface area contributed by atoms with E-state index < -0.39 is 29.3 Å². The second-order valence-corrected chi connectivity index (χ2v) is 5.64. The van der Waals surface area contributed by atoms with Crippen LogP contribution < -0.4 is 10.1 Å². The third-order valence-electron chi connectivity index (χ3n) is 3.84. The Morgan fingerprint density at radius 2 is 2.04 bits per heavy atom. The maximum absolute atomic E-state index is 13.6. The quantitative estimate of drug-likeness (QED) is 0.832. The van der Waals surface area contributed by atoms with E-state index in [1.54, 1.807) is 6.07 Å². The van der Waals surface area contributed by atoms with Gasteiger partial charge in [0.05, 0.1) is 12.0 Å². The van der Waals surface area contributed by atoms with E-state index in [1.165, 1.54) is 25.1 Å². The van der Waals surface area contributed by atoms with Crippen molar-refractivity contribution in [2.24, 2.45) is 0 Å². The predicted molar refractivity (Wildman–Crippen MR) is 79.7 cm³/mol. The van der Waals surface area contributed by atoms with Crippen molar-refractivity contribution in [1.29, 1.82) is 0 Å². The van der Waals surface area contributed by atoms with E-state index in [-0.39, 0.29) is 12.2 Å². The minimum absolute atomic E-state index is 0.0191. The van der Waals surface area contributed by atoms with E-state index in [9.17, 15) is 14.0 Å². The van der Waals surface area contributed by atoms with Crippen LogP contribution in [0.15, 0.2) is 24.3 Å². The standard InChI is InChI=1S/C16H20FNO5/c1-11(23-13-5-3-2-4-12(13)17)15(21)18-16(10-14(19)20)6-8-22-9-7-16/h2-5,11H,6-10H2,1H3,(H,18,21)(H,19,20). The maximum Gasteiger partial charge on any atom is 0.305 e. The van der Waals surface area contributed by atoms with Crippen molar-refractivity contribution in [3.8, 4) is 5.75 Å². The second-order valence-electron chi connectivity index (χ2n) is 5.64. The Labute approximate surface area is 133 Å². The molecule has 1 aliphatic rings. The lowest BCUT2D eigenvalue weighted by Gasteiger charge is -2.37. The van der Waals surface area contributed by atoms with Crippen molar-refractivity contribution in [2.75, 3.05) is 13.2 Å². The van der Waals surface area contributed by atoms with E-state index in [0.717, 1.165) is 0 Å². The number of carbonyl (C=O) groups excluding carboxylic acids is 1. The topological polar surface area (TPSA) is 84.9 Å². The molecule has 0 spiro atoms. The van der Waals surface area contributed by atoms with Gasteiger partial charge in [-0.05, 0) is 31.9 Å². The lowest BCUT2D eigenvalue weighted by atomic mass is 9.86. The van der Waals surface area contributed by atoms with Crippen LogP contribution in [0.5, 0.6) is 5.75 Å². The molecule has 0 aliphatic carbocycles. The molecule has 1 fully saturated rings. The summed E-state index contributed by atoms with van der Waals surface area (Å²) in [6, 6.07) is 5.80. The van der Waals surface area contributed by atoms with E-state index in [2.05, 4.69) is 5.32 Å². The fraction of sp³-hybridized carbons (Fsp3) is 0.500. The predicted octanol–water partition coefficient (Wildman–Crippen LogP) is 1.73. The summed E-state index contributed by atoms with van der Waals surface area (Å²) in [4.78, 5) is 23.4. The van der Waals surface area contributed by atoms with E-state index in [4.69, 9.17) is 14.6 Å². The average molecular weight is 325 g/mol. The largest absolute Gasteiger partial charge is 0.481 e. The smallest absolute Gasteiger partial charge is 0.305 e. The fourth-order valence-corrected chi connectivity index (χ4v) is 2.54. The zero-order valence-corrected chi connectivity index (χ0v) is 12.9. The van der Waals surface area contributed by atoms with Crippen LogP contribution in [0.1, 0.15) is 26.2 Å². The molecular weight excluding hydrogens is 305 g/mol. The van der Waals surface area contributed by atoms with Crippen LogP contribution >= 0.6 is 0 Å². The van der Waals surface area contributed by atoms with Gasteiger partial charge in [0.25, 0.3) is 5.91 Å². The number of amides is 1. The molecule has 1 aromatic rings. The molecule has 2 N–H and O–H groups in total. The fourth-order valence-electron chi connectivity index (χ4n) is 2.54. The number of aliphatic carboxylic acids is 1. The van der Waals surface area contributed by atoms with Gasteiger partial charge in [0, 0.05) is 13.2 Å². The Bertz CT molecular complexity index is 571. The molecule has 23 heavy (non-hydrogen) atoms. The molecule has 1 heterocycles. The number of carboxylic acids is 1. The molecule has 0 bridgehead atoms. The van der Waals surface area contributed by atoms with Crippen LogP contribution in [0, 0.1) is 5.82 Å². The zero-order valence-electron chi connectivity index (χ0n) is 12.9. The average Bonchev–Trinajstić information content (AvgIpc) is 2.49. The minimum Gasteiger partial charge on any atom is -0.481 e. The van der Waals surface area contributed by atoms with Gasteiger partial charge in [-0.3, -0.25) is 9.59 Å². The van der Waals surface area contributed by atoms with Crippen molar-refractivity contribution >= 4 is 11.9 Å². The number of nitrogens with one attached hydrogen (secondary N) is 1. The molecule has 1 saturated heterocycles. The van der Waals surface area contributed by atoms with Gasteiger partial charge in [0.1, 0.15) is 0 Å². The molecule has 1 aromatic carbocycles. The van der Waals surface area contributed by atoms with Gasteiger partial charge in [-0.2, -0.15) is 0 Å². The summed E-state index contributed by atoms with van der Waals surface area (Å²) in [5.41, 5.74) is -0.853. The summed E-state index contributed by atoms with van der Waals surface area (Å²) in [6.45, 7) is 2.27. The molecule has 0 saturated carbocycles. The van der Waals surface area contributed by atoms with Gasteiger partial charge in [-0.25, -0.2) is 4.39 Å². The molecule has 1 amide bonds. The monoisotopic (exact) mass is 325 g/mol. The third kappa shape index (κ3) is 4.66. The van der Waals surface area contributed by atoms with Crippen molar-refractivity contribution in [3.05, 3.63) is 30.1 Å². The van der Waals surface area contributed by atoms with Crippen molar-refractivity contribution in [1.82, 2.24) is 5.32 Å². The molecule has 126 valence electrons. The minimum atomic E-state index is -0.991. The summed E-state index contributed by atoms with van der Waals surface area (Å²) >= 11 is 0. The normalized spacial score (nSPS) is 18.0. The third-order valence-corrected chi connectivity index (χ3v) is 3.84. The number of ether oxygens (including phenoxy) is 2. The van der Waals surface area contributed by atoms with Gasteiger partial charge in [0.2, 0.25) is 0 Å². The SMILES string of the molecule is CC(Oc1ccccc1F)C(=O)NC1(CC(=O)O)CCOCC1. The Hall–Kier alpha value is -2.15. The van der Waals surface area contributed by atoms with Gasteiger partial charge in [0.15, 0.2) is 17.7 Å². The van der Waals surface area contributed by atoms with Crippen molar-refractivity contribution in [3.63, 3.8) is 0 Å². The molecule has 2 rings (SSSR count). The summed E-state index contributed by atoms with van der Waals surface area (Å²) in [7, 11) is 0. The maximum atomic E-state index is 13.6. The molecule has 7 heteroatoms. The number of hydrogen-bond acceptors (Lipinski definition) is 4. The summed E-state index contributed by atoms with van der Waals surface area (Å²) in [5, 5.41) is 11.8. The lowest BCUT2D eigenvalue weighted by Crippen LogP contribution is -2.56. The highest BCUT2D eigenvalue weighted by atomic mass is 19.1. The second kappa shape index (κ2) is 7.41. The van der Waals surface area contributed by atoms with Crippen LogP contribution in [0.2, 0.25) is 0 Å². The van der Waals surface area contributed by atoms with Gasteiger partial charge >= 0.3 is 5.97 Å². The number of carboxylic acid groups (broad SMARTS) is 1. The summed E-state index contributed by atoms with van der Waals surface area (Å²) in [6.07, 6.45) is -0.302. The first-order valence-electron chi connectivity index (χ1n) is 7.45. The van der Waals surface area contributed by atoms with E-state index in [1.807, 2.05) is 0 Å². The van der Waals surface area contributed by atoms with Crippen LogP contribution in [-0.2, 0) is 14.3 Å². The highest BCUT2D eigenvalue weighted by Crippen LogP contribution is 2.25. The first kappa shape index (κ1) is 17.2. The molecule has 1 unspecified atom stereocenters. The Morgan fingerprint density at radius 1 is 1.39 bits per heavy atom. The number of benzene rings is 1. The summed E-state index contributed by atoms with van der Waals surface area (Å²) in [5.74, 6) is -2.04. The highest BCUT2D eigenvalue weighted by molar-refractivity contribution is 5.82. The number of para-hydroxylation sites is 1. The van der Waals surface area contributed by atoms with E-state index in [0.29, 0.717) is 26.1 Å². The molecule has 1 atom stereocenters. The molecule has 1 aliphatic heterocycles. The summed E-state index contributed by atoms with van der Waals surface area (Å²) < 4.78 is 24.1. The number of carbonyl (C=O) groups is 2. The Balaban J connectivity index is 2.03. The Kier molecular flexibility index (Phi) is 5.54. The van der Waals surface area contributed by atoms with Crippen LogP contribution in [0.25, 0.3) is 0 Å². The van der Waals surface area contributed by atoms with Crippen LogP contribution in [-0.4, -0.2) is 41.8 Å². The van der Waals surface area contributed by atoms with Gasteiger partial charge in [-0.15, -0.1) is 0 Å². The van der Waals surface area contributed by atoms with Crippen molar-refractivity contribution in [2.45, 2.75) is 37.8 Å². The molecular formula is C16H20FNO5. The lowest BCUT2D eigenvalue weighted by molar-refractivity contribution is -0.141. The molecule has 0 aromatic heterocycles. The van der Waals surface area contributed by atoms with Crippen LogP contribution in [0.4, 0.5) is 4.39 Å². The molecule has 0 radical (unpaired) electrons. The van der Waals surface area contributed by atoms with Gasteiger partial charge < -0.3 is 19.9 Å². The van der Waals surface area contributed by atoms with E-state index >= 15 is 0 Å². The number of hydrogen-bond donors (Lipinski definition) is 2. The Morgan fingerprint density at radius 3 is 2.65 bits per heavy atom. The highest BCUT2D eigenvalue weighted by Gasteiger charge is 2.37. The number of rotatable bonds is 6. The first-order valence-corrected chi connectivity index (χ1v) is 7.45. The zero-order chi connectivity index (χ0) is 16.9. The van der Waals surface area contributed by atoms with Gasteiger partial charge in [-0.1, -0.05) is 12.1 Å².